The van der Waals surface area contributed by atoms with Crippen molar-refractivity contribution >= 4 is 11.8 Å². The molecule has 1 heterocycles. The third-order valence-electron chi connectivity index (χ3n) is 2.70. The van der Waals surface area contributed by atoms with E-state index in [0.717, 1.165) is 12.1 Å². The average Bonchev–Trinajstić information content (AvgIpc) is 2.94. The van der Waals surface area contributed by atoms with E-state index in [1.165, 1.54) is 0 Å². The van der Waals surface area contributed by atoms with E-state index in [9.17, 15) is 17.6 Å². The Labute approximate surface area is 113 Å². The number of benzene rings is 1. The molecular weight excluding hydrogens is 280 g/mol. The number of alkyl halides is 2. The number of hydrogen-bond donors (Lipinski definition) is 0. The second-order valence-electron chi connectivity index (χ2n) is 5.47. The zero-order valence-electron chi connectivity index (χ0n) is 10.8. The smallest absolute Gasteiger partial charge is 0.329 e. The summed E-state index contributed by atoms with van der Waals surface area (Å²) in [6.45, 7) is 4.65. The Morgan fingerprint density at radius 2 is 1.79 bits per heavy atom. The average molecular weight is 294 g/mol. The molecule has 1 fully saturated rings. The molecule has 1 aliphatic rings. The lowest BCUT2D eigenvalue weighted by Crippen LogP contribution is -2.36. The summed E-state index contributed by atoms with van der Waals surface area (Å²) >= 11 is 0.417. The van der Waals surface area contributed by atoms with Gasteiger partial charge in [-0.25, -0.2) is 8.78 Å². The minimum atomic E-state index is -3.29. The fourth-order valence-electron chi connectivity index (χ4n) is 1.84. The molecule has 0 bridgehead atoms. The quantitative estimate of drug-likeness (QED) is 0.608. The lowest BCUT2D eigenvalue weighted by molar-refractivity contribution is 0.00669. The van der Waals surface area contributed by atoms with Gasteiger partial charge in [0.15, 0.2) is 5.60 Å². The number of hydrogen-bond acceptors (Lipinski definition) is 2. The Hall–Kier alpha value is -0.750. The van der Waals surface area contributed by atoms with Crippen LogP contribution in [-0.4, -0.2) is 16.6 Å². The van der Waals surface area contributed by atoms with Crippen molar-refractivity contribution in [2.45, 2.75) is 36.4 Å². The molecule has 0 saturated carbocycles. The maximum atomic E-state index is 14.3. The topological polar surface area (TPSA) is 12.5 Å². The highest BCUT2D eigenvalue weighted by Crippen LogP contribution is 2.59. The van der Waals surface area contributed by atoms with Crippen LogP contribution in [0.2, 0.25) is 0 Å². The number of ether oxygens (including phenoxy) is 1. The monoisotopic (exact) mass is 294 g/mol. The number of epoxide rings is 1. The fraction of sp³-hybridized carbons (Fsp3) is 0.538. The molecule has 1 aliphatic heterocycles. The van der Waals surface area contributed by atoms with Gasteiger partial charge in [-0.3, -0.25) is 0 Å². The molecule has 0 aromatic heterocycles. The third-order valence-corrected chi connectivity index (χ3v) is 3.90. The van der Waals surface area contributed by atoms with E-state index < -0.39 is 27.2 Å². The SMILES string of the molecule is CC(C)(C)SC(F)(F)C1(c2ccc(F)cc2F)CO1. The van der Waals surface area contributed by atoms with Gasteiger partial charge in [0.1, 0.15) is 11.6 Å². The van der Waals surface area contributed by atoms with Crippen LogP contribution in [-0.2, 0) is 10.3 Å². The molecule has 0 aliphatic carbocycles. The van der Waals surface area contributed by atoms with Crippen LogP contribution in [0.3, 0.4) is 0 Å². The summed E-state index contributed by atoms with van der Waals surface area (Å²) in [5.74, 6) is -1.81. The van der Waals surface area contributed by atoms with Crippen molar-refractivity contribution in [2.75, 3.05) is 6.61 Å². The standard InChI is InChI=1S/C13H14F4OS/c1-11(2,3)19-13(16,17)12(7-18-12)9-5-4-8(14)6-10(9)15/h4-6H,7H2,1-3H3. The van der Waals surface area contributed by atoms with Crippen molar-refractivity contribution in [3.8, 4) is 0 Å². The van der Waals surface area contributed by atoms with Gasteiger partial charge in [0.05, 0.1) is 6.61 Å². The molecule has 1 atom stereocenters. The van der Waals surface area contributed by atoms with Gasteiger partial charge in [-0.15, -0.1) is 0 Å². The summed E-state index contributed by atoms with van der Waals surface area (Å²) in [6.07, 6.45) is 0. The molecule has 0 radical (unpaired) electrons. The van der Waals surface area contributed by atoms with Crippen LogP contribution in [0.25, 0.3) is 0 Å². The van der Waals surface area contributed by atoms with Crippen molar-refractivity contribution in [1.29, 1.82) is 0 Å². The van der Waals surface area contributed by atoms with Gasteiger partial charge < -0.3 is 4.74 Å². The van der Waals surface area contributed by atoms with E-state index in [0.29, 0.717) is 17.8 Å². The van der Waals surface area contributed by atoms with Crippen molar-refractivity contribution in [1.82, 2.24) is 0 Å². The molecule has 19 heavy (non-hydrogen) atoms. The predicted molar refractivity (Wildman–Crippen MR) is 66.3 cm³/mol. The molecule has 1 aromatic rings. The molecule has 106 valence electrons. The predicted octanol–water partition coefficient (Wildman–Crippen LogP) is 4.31. The largest absolute Gasteiger partial charge is 0.357 e. The van der Waals surface area contributed by atoms with E-state index in [2.05, 4.69) is 0 Å². The van der Waals surface area contributed by atoms with Crippen molar-refractivity contribution in [3.63, 3.8) is 0 Å². The second-order valence-corrected chi connectivity index (χ2v) is 7.41. The van der Waals surface area contributed by atoms with E-state index in [1.54, 1.807) is 20.8 Å². The number of halogens is 4. The first-order chi connectivity index (χ1) is 8.57. The van der Waals surface area contributed by atoms with Gasteiger partial charge in [0.2, 0.25) is 0 Å². The molecule has 1 saturated heterocycles. The summed E-state index contributed by atoms with van der Waals surface area (Å²) < 4.78 is 59.3. The Balaban J connectivity index is 2.37. The summed E-state index contributed by atoms with van der Waals surface area (Å²) in [4.78, 5) is 0. The van der Waals surface area contributed by atoms with Gasteiger partial charge in [-0.1, -0.05) is 32.5 Å². The molecule has 0 amide bonds. The maximum absolute atomic E-state index is 14.3. The maximum Gasteiger partial charge on any atom is 0.329 e. The normalized spacial score (nSPS) is 23.5. The molecular formula is C13H14F4OS. The van der Waals surface area contributed by atoms with E-state index in [1.807, 2.05) is 0 Å². The zero-order chi connectivity index (χ0) is 14.5. The lowest BCUT2D eigenvalue weighted by Gasteiger charge is -2.30. The zero-order valence-corrected chi connectivity index (χ0v) is 11.6. The highest BCUT2D eigenvalue weighted by atomic mass is 32.2. The highest BCUT2D eigenvalue weighted by Gasteiger charge is 2.68. The van der Waals surface area contributed by atoms with Gasteiger partial charge in [-0.2, -0.15) is 8.78 Å². The fourth-order valence-corrected chi connectivity index (χ4v) is 3.00. The number of thioether (sulfide) groups is 1. The van der Waals surface area contributed by atoms with Gasteiger partial charge >= 0.3 is 5.25 Å². The van der Waals surface area contributed by atoms with E-state index >= 15 is 0 Å². The third kappa shape index (κ3) is 2.74. The Morgan fingerprint density at radius 3 is 2.21 bits per heavy atom. The first kappa shape index (κ1) is 14.7. The van der Waals surface area contributed by atoms with Crippen molar-refractivity contribution in [2.24, 2.45) is 0 Å². The van der Waals surface area contributed by atoms with E-state index in [-0.39, 0.29) is 12.2 Å². The summed E-state index contributed by atoms with van der Waals surface area (Å²) in [7, 11) is 0. The van der Waals surface area contributed by atoms with Crippen LogP contribution in [0, 0.1) is 11.6 Å². The van der Waals surface area contributed by atoms with Crippen LogP contribution in [0.1, 0.15) is 26.3 Å². The molecule has 1 nitrogen and oxygen atoms in total. The summed E-state index contributed by atoms with van der Waals surface area (Å²) in [5, 5.41) is -3.29. The van der Waals surface area contributed by atoms with Crippen LogP contribution in [0.5, 0.6) is 0 Å². The molecule has 1 unspecified atom stereocenters. The van der Waals surface area contributed by atoms with Crippen LogP contribution in [0.15, 0.2) is 18.2 Å². The minimum absolute atomic E-state index is 0.272. The van der Waals surface area contributed by atoms with Crippen LogP contribution >= 0.6 is 11.8 Å². The molecule has 6 heteroatoms. The van der Waals surface area contributed by atoms with Gasteiger partial charge in [0.25, 0.3) is 0 Å². The molecule has 0 N–H and O–H groups in total. The highest BCUT2D eigenvalue weighted by molar-refractivity contribution is 8.01. The van der Waals surface area contributed by atoms with Gasteiger partial charge in [0, 0.05) is 16.4 Å². The first-order valence-corrected chi connectivity index (χ1v) is 6.57. The van der Waals surface area contributed by atoms with Crippen LogP contribution in [0.4, 0.5) is 17.6 Å². The summed E-state index contributed by atoms with van der Waals surface area (Å²) in [5.41, 5.74) is -2.28. The van der Waals surface area contributed by atoms with Crippen molar-refractivity contribution < 1.29 is 22.3 Å². The van der Waals surface area contributed by atoms with E-state index in [4.69, 9.17) is 4.74 Å². The van der Waals surface area contributed by atoms with Crippen molar-refractivity contribution in [3.05, 3.63) is 35.4 Å². The molecule has 0 spiro atoms. The first-order valence-electron chi connectivity index (χ1n) is 5.75. The van der Waals surface area contributed by atoms with Gasteiger partial charge in [-0.05, 0) is 12.1 Å². The number of rotatable bonds is 3. The molecule has 1 aromatic carbocycles. The second kappa shape index (κ2) is 4.38. The lowest BCUT2D eigenvalue weighted by atomic mass is 9.99. The van der Waals surface area contributed by atoms with Crippen LogP contribution < -0.4 is 0 Å². The minimum Gasteiger partial charge on any atom is -0.357 e. The Kier molecular flexibility index (Phi) is 3.38. The Morgan fingerprint density at radius 1 is 1.21 bits per heavy atom. The summed E-state index contributed by atoms with van der Waals surface area (Å²) in [6, 6.07) is 2.57. The Bertz CT molecular complexity index is 492. The molecule has 2 rings (SSSR count).